The minimum absolute atomic E-state index is 0.186. The van der Waals surface area contributed by atoms with E-state index in [2.05, 4.69) is 15.5 Å². The third-order valence-corrected chi connectivity index (χ3v) is 5.12. The van der Waals surface area contributed by atoms with Crippen LogP contribution < -0.4 is 15.6 Å². The highest BCUT2D eigenvalue weighted by molar-refractivity contribution is 5.76. The quantitative estimate of drug-likeness (QED) is 0.521. The molecule has 31 heavy (non-hydrogen) atoms. The highest BCUT2D eigenvalue weighted by Crippen LogP contribution is 2.23. The van der Waals surface area contributed by atoms with Crippen molar-refractivity contribution in [2.45, 2.75) is 26.9 Å². The second-order valence-electron chi connectivity index (χ2n) is 7.36. The number of hydrogen-bond donors (Lipinski definition) is 1. The Bertz CT molecular complexity index is 1320. The van der Waals surface area contributed by atoms with Crippen LogP contribution in [-0.2, 0) is 17.9 Å². The minimum Gasteiger partial charge on any atom is -0.496 e. The van der Waals surface area contributed by atoms with Crippen LogP contribution in [0, 0.1) is 13.8 Å². The molecule has 0 bridgehead atoms. The van der Waals surface area contributed by atoms with Gasteiger partial charge in [-0.05, 0) is 37.6 Å². The number of nitrogens with one attached hydrogen (secondary N) is 1. The van der Waals surface area contributed by atoms with Crippen LogP contribution in [0.25, 0.3) is 16.8 Å². The van der Waals surface area contributed by atoms with E-state index in [0.717, 1.165) is 26.9 Å². The predicted molar refractivity (Wildman–Crippen MR) is 117 cm³/mol. The third-order valence-electron chi connectivity index (χ3n) is 5.12. The van der Waals surface area contributed by atoms with E-state index in [1.807, 2.05) is 56.3 Å². The number of hydrogen-bond acceptors (Lipinski definition) is 5. The molecule has 8 nitrogen and oxygen atoms in total. The van der Waals surface area contributed by atoms with Crippen LogP contribution >= 0.6 is 0 Å². The lowest BCUT2D eigenvalue weighted by Gasteiger charge is -2.10. The van der Waals surface area contributed by atoms with Gasteiger partial charge in [0.15, 0.2) is 0 Å². The number of rotatable bonds is 6. The van der Waals surface area contributed by atoms with Gasteiger partial charge in [0, 0.05) is 17.7 Å². The Balaban J connectivity index is 1.55. The van der Waals surface area contributed by atoms with Crippen molar-refractivity contribution < 1.29 is 9.53 Å². The van der Waals surface area contributed by atoms with Gasteiger partial charge in [0.05, 0.1) is 12.8 Å². The minimum atomic E-state index is -0.376. The Morgan fingerprint density at radius 3 is 2.74 bits per heavy atom. The number of carbonyl (C=O) groups excluding carboxylic acids is 1. The van der Waals surface area contributed by atoms with Gasteiger partial charge in [0.25, 0.3) is 5.56 Å². The Morgan fingerprint density at radius 2 is 1.94 bits per heavy atom. The first-order chi connectivity index (χ1) is 15.0. The number of methoxy groups -OCH3 is 1. The fourth-order valence-electron chi connectivity index (χ4n) is 3.43. The number of aromatic nitrogens is 4. The van der Waals surface area contributed by atoms with Crippen molar-refractivity contribution in [2.75, 3.05) is 7.11 Å². The van der Waals surface area contributed by atoms with E-state index in [0.29, 0.717) is 23.5 Å². The summed E-state index contributed by atoms with van der Waals surface area (Å²) in [6, 6.07) is 15.3. The maximum Gasteiger partial charge on any atom is 0.293 e. The molecule has 8 heteroatoms. The summed E-state index contributed by atoms with van der Waals surface area (Å²) in [6.07, 6.45) is 1.44. The predicted octanol–water partition coefficient (Wildman–Crippen LogP) is 2.50. The number of ether oxygens (including phenoxy) is 1. The van der Waals surface area contributed by atoms with Crippen LogP contribution in [0.5, 0.6) is 5.75 Å². The first-order valence-electron chi connectivity index (χ1n) is 9.88. The molecule has 0 spiro atoms. The summed E-state index contributed by atoms with van der Waals surface area (Å²) in [6.45, 7) is 4.12. The van der Waals surface area contributed by atoms with Crippen molar-refractivity contribution in [1.29, 1.82) is 0 Å². The van der Waals surface area contributed by atoms with Gasteiger partial charge >= 0.3 is 0 Å². The number of nitrogens with zero attached hydrogens (tertiary/aromatic N) is 4. The lowest BCUT2D eigenvalue weighted by Crippen LogP contribution is -2.34. The van der Waals surface area contributed by atoms with Crippen LogP contribution in [0.4, 0.5) is 0 Å². The molecule has 0 unspecified atom stereocenters. The van der Waals surface area contributed by atoms with Gasteiger partial charge in [-0.2, -0.15) is 10.2 Å². The molecule has 1 N–H and O–H groups in total. The third kappa shape index (κ3) is 4.18. The molecular weight excluding hydrogens is 394 g/mol. The van der Waals surface area contributed by atoms with Crippen molar-refractivity contribution in [3.63, 3.8) is 0 Å². The zero-order valence-electron chi connectivity index (χ0n) is 17.6. The van der Waals surface area contributed by atoms with E-state index in [9.17, 15) is 9.59 Å². The van der Waals surface area contributed by atoms with Gasteiger partial charge in [-0.15, -0.1) is 0 Å². The summed E-state index contributed by atoms with van der Waals surface area (Å²) < 4.78 is 7.88. The van der Waals surface area contributed by atoms with Crippen molar-refractivity contribution >= 4 is 11.4 Å². The van der Waals surface area contributed by atoms with Crippen molar-refractivity contribution in [3.05, 3.63) is 81.9 Å². The topological polar surface area (TPSA) is 90.5 Å². The van der Waals surface area contributed by atoms with Crippen molar-refractivity contribution in [3.8, 4) is 17.0 Å². The van der Waals surface area contributed by atoms with Crippen molar-refractivity contribution in [1.82, 2.24) is 24.7 Å². The Kier molecular flexibility index (Phi) is 5.53. The highest BCUT2D eigenvalue weighted by Gasteiger charge is 2.14. The molecule has 1 amide bonds. The standard InChI is InChI=1S/C23H23N5O3/c1-15-8-9-16(2)18(10-15)19-11-20-23(30)27(25-14-28(20)26-19)13-22(29)24-12-17-6-4-5-7-21(17)31-3/h4-11,14H,12-13H2,1-3H3,(H,24,29). The second-order valence-corrected chi connectivity index (χ2v) is 7.36. The summed E-state index contributed by atoms with van der Waals surface area (Å²) in [5, 5.41) is 11.4. The smallest absolute Gasteiger partial charge is 0.293 e. The number of fused-ring (bicyclic) bond motifs is 1. The molecular formula is C23H23N5O3. The second kappa shape index (κ2) is 8.43. The zero-order chi connectivity index (χ0) is 22.0. The first-order valence-corrected chi connectivity index (χ1v) is 9.88. The van der Waals surface area contributed by atoms with E-state index in [1.54, 1.807) is 13.2 Å². The van der Waals surface area contributed by atoms with Crippen LogP contribution in [-0.4, -0.2) is 32.4 Å². The average Bonchev–Trinajstić information content (AvgIpc) is 3.21. The van der Waals surface area contributed by atoms with E-state index in [-0.39, 0.29) is 18.0 Å². The van der Waals surface area contributed by atoms with E-state index >= 15 is 0 Å². The van der Waals surface area contributed by atoms with Gasteiger partial charge < -0.3 is 10.1 Å². The van der Waals surface area contributed by atoms with Crippen LogP contribution in [0.2, 0.25) is 0 Å². The molecule has 0 aliphatic carbocycles. The lowest BCUT2D eigenvalue weighted by atomic mass is 10.0. The van der Waals surface area contributed by atoms with Gasteiger partial charge in [-0.1, -0.05) is 35.9 Å². The molecule has 2 aromatic carbocycles. The number of benzene rings is 2. The molecule has 2 aromatic heterocycles. The SMILES string of the molecule is COc1ccccc1CNC(=O)Cn1ncn2nc(-c3cc(C)ccc3C)cc2c1=O. The lowest BCUT2D eigenvalue weighted by molar-refractivity contribution is -0.122. The molecule has 4 rings (SSSR count). The molecule has 0 saturated heterocycles. The normalized spacial score (nSPS) is 10.9. The summed E-state index contributed by atoms with van der Waals surface area (Å²) >= 11 is 0. The molecule has 0 aliphatic heterocycles. The molecule has 2 heterocycles. The Labute approximate surface area is 179 Å². The van der Waals surface area contributed by atoms with Gasteiger partial charge in [0.2, 0.25) is 5.91 Å². The Hall–Kier alpha value is -3.94. The maximum atomic E-state index is 12.9. The van der Waals surface area contributed by atoms with E-state index < -0.39 is 0 Å². The van der Waals surface area contributed by atoms with E-state index in [4.69, 9.17) is 4.74 Å². The monoisotopic (exact) mass is 417 g/mol. The molecule has 158 valence electrons. The highest BCUT2D eigenvalue weighted by atomic mass is 16.5. The molecule has 0 saturated carbocycles. The first kappa shape index (κ1) is 20.3. The Morgan fingerprint density at radius 1 is 1.13 bits per heavy atom. The summed E-state index contributed by atoms with van der Waals surface area (Å²) in [7, 11) is 1.58. The van der Waals surface area contributed by atoms with Gasteiger partial charge in [-0.3, -0.25) is 9.59 Å². The number of carbonyl (C=O) groups is 1. The van der Waals surface area contributed by atoms with Crippen LogP contribution in [0.3, 0.4) is 0 Å². The molecule has 4 aromatic rings. The van der Waals surface area contributed by atoms with E-state index in [1.165, 1.54) is 10.8 Å². The molecule has 0 fully saturated rings. The van der Waals surface area contributed by atoms with Gasteiger partial charge in [-0.25, -0.2) is 9.20 Å². The largest absolute Gasteiger partial charge is 0.496 e. The zero-order valence-corrected chi connectivity index (χ0v) is 17.6. The summed E-state index contributed by atoms with van der Waals surface area (Å²) in [5.41, 5.74) is 4.67. The molecule has 0 atom stereocenters. The maximum absolute atomic E-state index is 12.9. The number of para-hydroxylation sites is 1. The number of aryl methyl sites for hydroxylation is 2. The molecule has 0 radical (unpaired) electrons. The molecule has 0 aliphatic rings. The number of amides is 1. The summed E-state index contributed by atoms with van der Waals surface area (Å²) in [5.74, 6) is 0.372. The van der Waals surface area contributed by atoms with Crippen molar-refractivity contribution in [2.24, 2.45) is 0 Å². The average molecular weight is 417 g/mol. The van der Waals surface area contributed by atoms with Crippen LogP contribution in [0.1, 0.15) is 16.7 Å². The van der Waals surface area contributed by atoms with Gasteiger partial charge in [0.1, 0.15) is 24.1 Å². The fraction of sp³-hybridized carbons (Fsp3) is 0.217. The van der Waals surface area contributed by atoms with Crippen LogP contribution in [0.15, 0.2) is 59.7 Å². The summed E-state index contributed by atoms with van der Waals surface area (Å²) in [4.78, 5) is 25.3. The fourth-order valence-corrected chi connectivity index (χ4v) is 3.43.